The first kappa shape index (κ1) is 30.1. The fourth-order valence-electron chi connectivity index (χ4n) is 5.06. The molecule has 0 radical (unpaired) electrons. The lowest BCUT2D eigenvalue weighted by molar-refractivity contribution is -0.136. The summed E-state index contributed by atoms with van der Waals surface area (Å²) in [4.78, 5) is 33.5. The largest absolute Gasteiger partial charge is 0.497 e. The van der Waals surface area contributed by atoms with Crippen LogP contribution in [0.3, 0.4) is 0 Å². The average molecular weight is 603 g/mol. The van der Waals surface area contributed by atoms with Crippen molar-refractivity contribution in [3.8, 4) is 17.4 Å². The maximum Gasteiger partial charge on any atom is 0.274 e. The van der Waals surface area contributed by atoms with Gasteiger partial charge in [0.2, 0.25) is 11.8 Å². The fraction of sp³-hybridized carbons (Fsp3) is 0.321. The Kier molecular flexibility index (Phi) is 7.96. The van der Waals surface area contributed by atoms with Gasteiger partial charge in [-0.3, -0.25) is 14.9 Å². The molecule has 11 nitrogen and oxygen atoms in total. The van der Waals surface area contributed by atoms with Crippen LogP contribution in [0, 0.1) is 0 Å². The van der Waals surface area contributed by atoms with E-state index in [4.69, 9.17) is 25.8 Å². The van der Waals surface area contributed by atoms with Gasteiger partial charge in [0.15, 0.2) is 5.54 Å². The average Bonchev–Trinajstić information content (AvgIpc) is 3.19. The van der Waals surface area contributed by atoms with Gasteiger partial charge in [0.25, 0.3) is 15.9 Å². The Bertz CT molecular complexity index is 1630. The summed E-state index contributed by atoms with van der Waals surface area (Å²) in [6.45, 7) is 3.20. The summed E-state index contributed by atoms with van der Waals surface area (Å²) in [7, 11) is 2.68. The summed E-state index contributed by atoms with van der Waals surface area (Å²) in [6, 6.07) is 11.7. The van der Waals surface area contributed by atoms with E-state index in [2.05, 4.69) is 10.3 Å². The van der Waals surface area contributed by atoms with Gasteiger partial charge in [0.1, 0.15) is 16.4 Å². The summed E-state index contributed by atoms with van der Waals surface area (Å²) in [6.07, 6.45) is 1.47. The Morgan fingerprint density at radius 3 is 2.34 bits per heavy atom. The van der Waals surface area contributed by atoms with Crippen molar-refractivity contribution in [3.05, 3.63) is 70.9 Å². The number of carbonyl (C=O) groups is 2. The van der Waals surface area contributed by atoms with E-state index in [9.17, 15) is 18.0 Å². The summed E-state index contributed by atoms with van der Waals surface area (Å²) in [5.41, 5.74) is -2.95. The molecule has 0 spiro atoms. The highest BCUT2D eigenvalue weighted by molar-refractivity contribution is 7.93. The van der Waals surface area contributed by atoms with E-state index in [1.165, 1.54) is 68.8 Å². The first-order valence-corrected chi connectivity index (χ1v) is 14.2. The van der Waals surface area contributed by atoms with Crippen LogP contribution in [0.5, 0.6) is 17.4 Å². The number of nitrogens with zero attached hydrogens (tertiary/aromatic N) is 3. The van der Waals surface area contributed by atoms with Gasteiger partial charge < -0.3 is 19.1 Å². The number of carbonyl (C=O) groups excluding carboxylic acids is 2. The Hall–Kier alpha value is -3.87. The molecule has 13 heteroatoms. The van der Waals surface area contributed by atoms with Crippen LogP contribution in [0.1, 0.15) is 25.0 Å². The summed E-state index contributed by atoms with van der Waals surface area (Å²) < 4.78 is 45.5. The number of aromatic nitrogens is 1. The molecule has 1 N–H and O–H groups in total. The van der Waals surface area contributed by atoms with Crippen molar-refractivity contribution in [1.82, 2.24) is 15.2 Å². The smallest absolute Gasteiger partial charge is 0.274 e. The third-order valence-corrected chi connectivity index (χ3v) is 8.76. The van der Waals surface area contributed by atoms with Crippen LogP contribution in [0.4, 0.5) is 5.69 Å². The van der Waals surface area contributed by atoms with Crippen LogP contribution in [0.2, 0.25) is 5.02 Å². The van der Waals surface area contributed by atoms with Gasteiger partial charge in [0, 0.05) is 42.5 Å². The second-order valence-electron chi connectivity index (χ2n) is 10.0. The predicted molar refractivity (Wildman–Crippen MR) is 153 cm³/mol. The molecule has 0 saturated heterocycles. The minimum absolute atomic E-state index is 0.0276. The zero-order valence-electron chi connectivity index (χ0n) is 23.7. The molecule has 2 heterocycles. The van der Waals surface area contributed by atoms with Gasteiger partial charge in [-0.1, -0.05) is 11.6 Å². The Balaban J connectivity index is 2.08. The number of methoxy groups -OCH3 is 3. The van der Waals surface area contributed by atoms with Crippen LogP contribution in [0.25, 0.3) is 0 Å². The van der Waals surface area contributed by atoms with Crippen LogP contribution in [-0.4, -0.2) is 71.1 Å². The molecule has 0 aliphatic carbocycles. The van der Waals surface area contributed by atoms with Gasteiger partial charge in [-0.15, -0.1) is 0 Å². The second kappa shape index (κ2) is 10.8. The number of amides is 2. The quantitative estimate of drug-likeness (QED) is 0.393. The molecule has 3 aromatic rings. The monoisotopic (exact) mass is 602 g/mol. The number of likely N-dealkylation sites (N-methyl/N-ethyl adjacent to an activating group) is 1. The van der Waals surface area contributed by atoms with Crippen molar-refractivity contribution in [2.75, 3.05) is 39.7 Å². The molecule has 218 valence electrons. The second-order valence-corrected chi connectivity index (χ2v) is 12.2. The molecule has 0 fully saturated rings. The van der Waals surface area contributed by atoms with Crippen molar-refractivity contribution >= 4 is 39.1 Å². The highest BCUT2D eigenvalue weighted by atomic mass is 35.5. The lowest BCUT2D eigenvalue weighted by Gasteiger charge is -2.39. The van der Waals surface area contributed by atoms with E-state index >= 15 is 0 Å². The Morgan fingerprint density at radius 1 is 1.02 bits per heavy atom. The number of hydrogen-bond donors (Lipinski definition) is 1. The lowest BCUT2D eigenvalue weighted by atomic mass is 9.81. The molecule has 1 unspecified atom stereocenters. The van der Waals surface area contributed by atoms with Crippen molar-refractivity contribution < 1.29 is 32.2 Å². The standard InChI is InChI=1S/C28H31ClN4O7S/c1-27(2,25(34)32(3)4)31-28(19-9-8-14-30-24(19)40-7)20-15-17(29)10-12-21(20)33(26(28)35)41(36,37)23-13-11-18(38-5)16-22(23)39-6/h8-16,31H,1-7H3. The minimum Gasteiger partial charge on any atom is -0.497 e. The maximum absolute atomic E-state index is 14.8. The molecule has 1 aliphatic heterocycles. The zero-order valence-corrected chi connectivity index (χ0v) is 25.3. The van der Waals surface area contributed by atoms with E-state index in [0.717, 1.165) is 0 Å². The maximum atomic E-state index is 14.8. The van der Waals surface area contributed by atoms with Gasteiger partial charge in [0.05, 0.1) is 32.6 Å². The summed E-state index contributed by atoms with van der Waals surface area (Å²) in [5, 5.41) is 3.44. The van der Waals surface area contributed by atoms with E-state index in [1.54, 1.807) is 40.1 Å². The van der Waals surface area contributed by atoms with Gasteiger partial charge in [-0.05, 0) is 56.3 Å². The predicted octanol–water partition coefficient (Wildman–Crippen LogP) is 3.20. The van der Waals surface area contributed by atoms with E-state index in [0.29, 0.717) is 10.1 Å². The SMILES string of the molecule is COc1ccc(S(=O)(=O)N2C(=O)C(NC(C)(C)C(=O)N(C)C)(c3cccnc3OC)c3cc(Cl)ccc32)c(OC)c1. The zero-order chi connectivity index (χ0) is 30.3. The summed E-state index contributed by atoms with van der Waals surface area (Å²) >= 11 is 6.44. The minimum atomic E-state index is -4.61. The third-order valence-electron chi connectivity index (χ3n) is 6.79. The van der Waals surface area contributed by atoms with Gasteiger partial charge in [-0.2, -0.15) is 0 Å². The van der Waals surface area contributed by atoms with Crippen molar-refractivity contribution in [3.63, 3.8) is 0 Å². The molecule has 41 heavy (non-hydrogen) atoms. The molecule has 1 aromatic heterocycles. The third kappa shape index (κ3) is 4.85. The number of sulfonamides is 1. The number of ether oxygens (including phenoxy) is 3. The van der Waals surface area contributed by atoms with Crippen LogP contribution >= 0.6 is 11.6 Å². The molecular weight excluding hydrogens is 572 g/mol. The molecule has 1 aliphatic rings. The number of anilines is 1. The number of halogens is 1. The van der Waals surface area contributed by atoms with E-state index in [-0.39, 0.29) is 44.3 Å². The van der Waals surface area contributed by atoms with Crippen LogP contribution < -0.4 is 23.8 Å². The molecule has 1 atom stereocenters. The molecule has 4 rings (SSSR count). The van der Waals surface area contributed by atoms with Crippen molar-refractivity contribution in [2.24, 2.45) is 0 Å². The van der Waals surface area contributed by atoms with E-state index in [1.807, 2.05) is 0 Å². The fourth-order valence-corrected chi connectivity index (χ4v) is 6.83. The molecule has 0 bridgehead atoms. The normalized spacial score (nSPS) is 16.8. The molecular formula is C28H31ClN4O7S. The topological polar surface area (TPSA) is 127 Å². The van der Waals surface area contributed by atoms with Crippen molar-refractivity contribution in [2.45, 2.75) is 29.8 Å². The lowest BCUT2D eigenvalue weighted by Crippen LogP contribution is -2.63. The number of rotatable bonds is 9. The Labute approximate surface area is 244 Å². The Morgan fingerprint density at radius 2 is 1.73 bits per heavy atom. The first-order valence-electron chi connectivity index (χ1n) is 12.4. The van der Waals surface area contributed by atoms with Crippen LogP contribution in [0.15, 0.2) is 59.6 Å². The molecule has 2 aromatic carbocycles. The van der Waals surface area contributed by atoms with E-state index < -0.39 is 27.0 Å². The highest BCUT2D eigenvalue weighted by Gasteiger charge is 2.60. The summed E-state index contributed by atoms with van der Waals surface area (Å²) in [5.74, 6) is -0.901. The number of nitrogens with one attached hydrogen (secondary N) is 1. The number of benzene rings is 2. The number of fused-ring (bicyclic) bond motifs is 1. The molecule has 0 saturated carbocycles. The van der Waals surface area contributed by atoms with Crippen LogP contribution in [-0.2, 0) is 25.2 Å². The van der Waals surface area contributed by atoms with Gasteiger partial charge >= 0.3 is 0 Å². The highest BCUT2D eigenvalue weighted by Crippen LogP contribution is 2.51. The first-order chi connectivity index (χ1) is 19.3. The number of hydrogen-bond acceptors (Lipinski definition) is 9. The van der Waals surface area contributed by atoms with Gasteiger partial charge in [-0.25, -0.2) is 17.7 Å². The van der Waals surface area contributed by atoms with Crippen molar-refractivity contribution in [1.29, 1.82) is 0 Å². The molecule has 2 amide bonds. The number of pyridine rings is 1.